The fourth-order valence-electron chi connectivity index (χ4n) is 2.91. The molecule has 5 nitrogen and oxygen atoms in total. The number of nitrogens with one attached hydrogen (secondary N) is 1. The van der Waals surface area contributed by atoms with Gasteiger partial charge < -0.3 is 15.1 Å². The van der Waals surface area contributed by atoms with E-state index in [2.05, 4.69) is 20.1 Å². The number of anilines is 2. The van der Waals surface area contributed by atoms with E-state index in [0.717, 1.165) is 43.2 Å². The Morgan fingerprint density at radius 3 is 2.48 bits per heavy atom. The molecule has 1 fully saturated rings. The third-order valence-electron chi connectivity index (χ3n) is 4.42. The van der Waals surface area contributed by atoms with Crippen molar-refractivity contribution >= 4 is 17.4 Å². The van der Waals surface area contributed by atoms with Crippen LogP contribution in [0.5, 0.6) is 0 Å². The van der Waals surface area contributed by atoms with Gasteiger partial charge in [0, 0.05) is 51.0 Å². The zero-order chi connectivity index (χ0) is 17.6. The van der Waals surface area contributed by atoms with Crippen molar-refractivity contribution in [3.8, 4) is 0 Å². The van der Waals surface area contributed by atoms with Crippen LogP contribution >= 0.6 is 0 Å². The second-order valence-electron chi connectivity index (χ2n) is 6.10. The first-order valence-corrected chi connectivity index (χ1v) is 8.63. The van der Waals surface area contributed by atoms with Gasteiger partial charge in [0.2, 0.25) is 5.91 Å². The third kappa shape index (κ3) is 4.47. The Bertz CT molecular complexity index is 712. The first-order valence-electron chi connectivity index (χ1n) is 8.63. The molecule has 1 aromatic heterocycles. The highest BCUT2D eigenvalue weighted by molar-refractivity contribution is 5.75. The molecule has 0 aliphatic carbocycles. The van der Waals surface area contributed by atoms with Gasteiger partial charge in [0.25, 0.3) is 0 Å². The van der Waals surface area contributed by atoms with Gasteiger partial charge in [-0.15, -0.1) is 0 Å². The Labute approximate surface area is 147 Å². The van der Waals surface area contributed by atoms with Crippen molar-refractivity contribution in [2.75, 3.05) is 36.0 Å². The number of rotatable bonds is 5. The van der Waals surface area contributed by atoms with Crippen LogP contribution in [0, 0.1) is 5.82 Å². The topological polar surface area (TPSA) is 48.5 Å². The quantitative estimate of drug-likeness (QED) is 0.907. The van der Waals surface area contributed by atoms with Crippen LogP contribution in [0.2, 0.25) is 0 Å². The molecule has 1 saturated heterocycles. The van der Waals surface area contributed by atoms with E-state index in [-0.39, 0.29) is 11.7 Å². The Morgan fingerprint density at radius 2 is 1.80 bits per heavy atom. The van der Waals surface area contributed by atoms with Crippen LogP contribution in [0.25, 0.3) is 0 Å². The molecule has 1 aliphatic heterocycles. The molecular weight excluding hydrogens is 319 g/mol. The van der Waals surface area contributed by atoms with E-state index in [4.69, 9.17) is 0 Å². The minimum atomic E-state index is -0.210. The lowest BCUT2D eigenvalue weighted by molar-refractivity contribution is -0.120. The normalized spacial score (nSPS) is 14.5. The van der Waals surface area contributed by atoms with Gasteiger partial charge in [0.1, 0.15) is 11.6 Å². The molecule has 0 saturated carbocycles. The molecule has 1 amide bonds. The number of pyridine rings is 1. The second-order valence-corrected chi connectivity index (χ2v) is 6.10. The van der Waals surface area contributed by atoms with Gasteiger partial charge in [0.05, 0.1) is 0 Å². The van der Waals surface area contributed by atoms with Gasteiger partial charge >= 0.3 is 0 Å². The fraction of sp³-hybridized carbons (Fsp3) is 0.368. The van der Waals surface area contributed by atoms with Gasteiger partial charge in [-0.05, 0) is 42.0 Å². The summed E-state index contributed by atoms with van der Waals surface area (Å²) in [7, 11) is 0. The predicted octanol–water partition coefficient (Wildman–Crippen LogP) is 2.57. The van der Waals surface area contributed by atoms with E-state index in [9.17, 15) is 9.18 Å². The summed E-state index contributed by atoms with van der Waals surface area (Å²) in [6.07, 6.45) is 2.28. The van der Waals surface area contributed by atoms with Crippen molar-refractivity contribution in [2.24, 2.45) is 0 Å². The maximum Gasteiger partial charge on any atom is 0.219 e. The summed E-state index contributed by atoms with van der Waals surface area (Å²) in [5.74, 6) is 0.770. The molecular formula is C19H23FN4O. The largest absolute Gasteiger partial charge is 0.368 e. The van der Waals surface area contributed by atoms with Crippen molar-refractivity contribution in [3.05, 3.63) is 54.0 Å². The summed E-state index contributed by atoms with van der Waals surface area (Å²) < 4.78 is 13.0. The zero-order valence-electron chi connectivity index (χ0n) is 14.4. The molecule has 0 spiro atoms. The van der Waals surface area contributed by atoms with Crippen molar-refractivity contribution in [3.63, 3.8) is 0 Å². The molecule has 0 atom stereocenters. The average Bonchev–Trinajstić information content (AvgIpc) is 2.67. The van der Waals surface area contributed by atoms with Gasteiger partial charge in [-0.1, -0.05) is 6.92 Å². The molecule has 1 aliphatic rings. The molecule has 0 bridgehead atoms. The molecule has 132 valence electrons. The van der Waals surface area contributed by atoms with Crippen molar-refractivity contribution in [1.82, 2.24) is 10.3 Å². The summed E-state index contributed by atoms with van der Waals surface area (Å²) in [5, 5.41) is 2.89. The molecule has 2 aromatic rings. The smallest absolute Gasteiger partial charge is 0.219 e. The average molecular weight is 342 g/mol. The number of piperazine rings is 1. The molecule has 6 heteroatoms. The molecule has 0 unspecified atom stereocenters. The number of benzene rings is 1. The van der Waals surface area contributed by atoms with Gasteiger partial charge in [0.15, 0.2) is 0 Å². The number of carbonyl (C=O) groups excluding carboxylic acids is 1. The predicted molar refractivity (Wildman–Crippen MR) is 97.2 cm³/mol. The third-order valence-corrected chi connectivity index (χ3v) is 4.42. The van der Waals surface area contributed by atoms with E-state index in [1.807, 2.05) is 31.2 Å². The summed E-state index contributed by atoms with van der Waals surface area (Å²) in [6.45, 7) is 5.81. The van der Waals surface area contributed by atoms with Crippen LogP contribution in [0.3, 0.4) is 0 Å². The monoisotopic (exact) mass is 342 g/mol. The highest BCUT2D eigenvalue weighted by atomic mass is 19.1. The number of aromatic nitrogens is 1. The summed E-state index contributed by atoms with van der Waals surface area (Å²) in [6, 6.07) is 10.6. The van der Waals surface area contributed by atoms with Crippen LogP contribution < -0.4 is 15.1 Å². The maximum absolute atomic E-state index is 13.0. The number of hydrogen-bond acceptors (Lipinski definition) is 4. The lowest BCUT2D eigenvalue weighted by Gasteiger charge is -2.36. The van der Waals surface area contributed by atoms with Crippen molar-refractivity contribution in [1.29, 1.82) is 0 Å². The molecule has 1 aromatic carbocycles. The SMILES string of the molecule is CCC(=O)NCc1ccnc(N2CCN(c3ccc(F)cc3)CC2)c1. The number of halogens is 1. The Balaban J connectivity index is 1.59. The van der Waals surface area contributed by atoms with E-state index < -0.39 is 0 Å². The van der Waals surface area contributed by atoms with E-state index in [1.165, 1.54) is 12.1 Å². The number of amides is 1. The number of hydrogen-bond donors (Lipinski definition) is 1. The minimum Gasteiger partial charge on any atom is -0.368 e. The zero-order valence-corrected chi connectivity index (χ0v) is 14.4. The van der Waals surface area contributed by atoms with Crippen molar-refractivity contribution < 1.29 is 9.18 Å². The first kappa shape index (κ1) is 17.2. The van der Waals surface area contributed by atoms with Gasteiger partial charge in [-0.3, -0.25) is 4.79 Å². The number of nitrogens with zero attached hydrogens (tertiary/aromatic N) is 3. The van der Waals surface area contributed by atoms with E-state index >= 15 is 0 Å². The van der Waals surface area contributed by atoms with Crippen LogP contribution in [-0.2, 0) is 11.3 Å². The molecule has 3 rings (SSSR count). The molecule has 1 N–H and O–H groups in total. The summed E-state index contributed by atoms with van der Waals surface area (Å²) >= 11 is 0. The number of carbonyl (C=O) groups is 1. The van der Waals surface area contributed by atoms with Crippen LogP contribution in [0.15, 0.2) is 42.6 Å². The van der Waals surface area contributed by atoms with Crippen LogP contribution in [-0.4, -0.2) is 37.1 Å². The molecule has 0 radical (unpaired) electrons. The van der Waals surface area contributed by atoms with E-state index in [0.29, 0.717) is 13.0 Å². The first-order chi connectivity index (χ1) is 12.2. The summed E-state index contributed by atoms with van der Waals surface area (Å²) in [4.78, 5) is 20.4. The highest BCUT2D eigenvalue weighted by Gasteiger charge is 2.18. The lowest BCUT2D eigenvalue weighted by Crippen LogP contribution is -2.46. The molecule has 2 heterocycles. The Morgan fingerprint density at radius 1 is 1.12 bits per heavy atom. The minimum absolute atomic E-state index is 0.0475. The lowest BCUT2D eigenvalue weighted by atomic mass is 10.2. The Hall–Kier alpha value is -2.63. The van der Waals surface area contributed by atoms with Crippen LogP contribution in [0.1, 0.15) is 18.9 Å². The Kier molecular flexibility index (Phi) is 5.48. The second kappa shape index (κ2) is 7.96. The van der Waals surface area contributed by atoms with Crippen LogP contribution in [0.4, 0.5) is 15.9 Å². The fourth-order valence-corrected chi connectivity index (χ4v) is 2.91. The standard InChI is InChI=1S/C19H23FN4O/c1-2-19(25)22-14-15-7-8-21-18(13-15)24-11-9-23(10-12-24)17-5-3-16(20)4-6-17/h3-8,13H,2,9-12,14H2,1H3,(H,22,25). The van der Waals surface area contributed by atoms with Gasteiger partial charge in [-0.25, -0.2) is 9.37 Å². The summed E-state index contributed by atoms with van der Waals surface area (Å²) in [5.41, 5.74) is 2.10. The van der Waals surface area contributed by atoms with E-state index in [1.54, 1.807) is 6.20 Å². The highest BCUT2D eigenvalue weighted by Crippen LogP contribution is 2.20. The van der Waals surface area contributed by atoms with Crippen molar-refractivity contribution in [2.45, 2.75) is 19.9 Å². The molecule has 25 heavy (non-hydrogen) atoms. The maximum atomic E-state index is 13.0. The van der Waals surface area contributed by atoms with Gasteiger partial charge in [-0.2, -0.15) is 0 Å².